The fourth-order valence-corrected chi connectivity index (χ4v) is 6.01. The molecule has 0 heterocycles. The molecular weight excluding hydrogens is 308 g/mol. The van der Waals surface area contributed by atoms with Gasteiger partial charge in [-0.05, 0) is 67.9 Å². The molecule has 0 aliphatic heterocycles. The van der Waals surface area contributed by atoms with Gasteiger partial charge in [-0.1, -0.05) is 49.9 Å². The molecule has 4 fully saturated rings. The first-order chi connectivity index (χ1) is 12.1. The van der Waals surface area contributed by atoms with Crippen LogP contribution in [0.25, 0.3) is 6.08 Å². The van der Waals surface area contributed by atoms with E-state index in [0.717, 1.165) is 42.6 Å². The summed E-state index contributed by atoms with van der Waals surface area (Å²) in [7, 11) is 0. The lowest BCUT2D eigenvalue weighted by Gasteiger charge is -2.60. The minimum atomic E-state index is -0.229. The smallest absolute Gasteiger partial charge is 0.338 e. The van der Waals surface area contributed by atoms with Crippen molar-refractivity contribution in [2.45, 2.75) is 51.0 Å². The van der Waals surface area contributed by atoms with Gasteiger partial charge in [0.2, 0.25) is 0 Å². The molecule has 0 saturated heterocycles. The number of rotatable bonds is 5. The largest absolute Gasteiger partial charge is 0.455 e. The molecule has 4 aliphatic carbocycles. The summed E-state index contributed by atoms with van der Waals surface area (Å²) in [4.78, 5) is 12.7. The highest BCUT2D eigenvalue weighted by molar-refractivity contribution is 5.92. The molecule has 1 aromatic rings. The van der Waals surface area contributed by atoms with Gasteiger partial charge in [0.05, 0.1) is 5.57 Å². The van der Waals surface area contributed by atoms with Crippen molar-refractivity contribution < 1.29 is 9.53 Å². The van der Waals surface area contributed by atoms with Crippen molar-refractivity contribution >= 4 is 12.0 Å². The third kappa shape index (κ3) is 3.07. The molecule has 0 spiro atoms. The summed E-state index contributed by atoms with van der Waals surface area (Å²) in [6.07, 6.45) is 11.0. The first-order valence-electron chi connectivity index (χ1n) is 9.75. The zero-order chi connectivity index (χ0) is 17.4. The average molecular weight is 336 g/mol. The molecule has 4 bridgehead atoms. The van der Waals surface area contributed by atoms with Crippen LogP contribution in [0.2, 0.25) is 0 Å². The van der Waals surface area contributed by atoms with E-state index >= 15 is 0 Å². The van der Waals surface area contributed by atoms with Crippen LogP contribution in [0.5, 0.6) is 0 Å². The molecule has 2 nitrogen and oxygen atoms in total. The predicted molar refractivity (Wildman–Crippen MR) is 101 cm³/mol. The van der Waals surface area contributed by atoms with Crippen LogP contribution in [0.1, 0.15) is 51.0 Å². The molecule has 5 rings (SSSR count). The van der Waals surface area contributed by atoms with E-state index < -0.39 is 0 Å². The lowest BCUT2D eigenvalue weighted by atomic mass is 9.49. The second kappa shape index (κ2) is 6.48. The lowest BCUT2D eigenvalue weighted by molar-refractivity contribution is -0.205. The van der Waals surface area contributed by atoms with E-state index in [0.29, 0.717) is 11.5 Å². The topological polar surface area (TPSA) is 26.3 Å². The van der Waals surface area contributed by atoms with E-state index in [2.05, 4.69) is 13.5 Å². The number of hydrogen-bond donors (Lipinski definition) is 0. The van der Waals surface area contributed by atoms with Gasteiger partial charge in [-0.3, -0.25) is 0 Å². The Balaban J connectivity index is 1.48. The molecule has 0 aromatic heterocycles. The zero-order valence-corrected chi connectivity index (χ0v) is 15.1. The molecule has 2 heteroatoms. The van der Waals surface area contributed by atoms with E-state index in [-0.39, 0.29) is 11.6 Å². The number of esters is 1. The van der Waals surface area contributed by atoms with Crippen molar-refractivity contribution in [2.75, 3.05) is 0 Å². The second-order valence-electron chi connectivity index (χ2n) is 8.35. The molecule has 132 valence electrons. The highest BCUT2D eigenvalue weighted by atomic mass is 16.6. The molecular formula is C23H28O2. The molecule has 0 N–H and O–H groups in total. The summed E-state index contributed by atoms with van der Waals surface area (Å²) in [5, 5.41) is 0. The van der Waals surface area contributed by atoms with Gasteiger partial charge in [-0.25, -0.2) is 4.79 Å². The molecule has 4 saturated carbocycles. The first kappa shape index (κ1) is 16.6. The van der Waals surface area contributed by atoms with Crippen molar-refractivity contribution in [2.24, 2.45) is 23.7 Å². The summed E-state index contributed by atoms with van der Waals surface area (Å²) >= 11 is 0. The van der Waals surface area contributed by atoms with Crippen molar-refractivity contribution in [3.63, 3.8) is 0 Å². The third-order valence-electron chi connectivity index (χ3n) is 6.73. The summed E-state index contributed by atoms with van der Waals surface area (Å²) in [5.74, 6) is 2.60. The van der Waals surface area contributed by atoms with Gasteiger partial charge < -0.3 is 4.74 Å². The summed E-state index contributed by atoms with van der Waals surface area (Å²) < 4.78 is 6.21. The van der Waals surface area contributed by atoms with Gasteiger partial charge in [-0.15, -0.1) is 0 Å². The summed E-state index contributed by atoms with van der Waals surface area (Å²) in [5.41, 5.74) is 1.30. The Morgan fingerprint density at radius 3 is 2.52 bits per heavy atom. The Labute approximate surface area is 151 Å². The molecule has 25 heavy (non-hydrogen) atoms. The molecule has 1 aromatic carbocycles. The van der Waals surface area contributed by atoms with Crippen LogP contribution in [0, 0.1) is 23.7 Å². The van der Waals surface area contributed by atoms with Crippen molar-refractivity contribution in [3.05, 3.63) is 54.1 Å². The number of hydrogen-bond acceptors (Lipinski definition) is 2. The Morgan fingerprint density at radius 1 is 1.20 bits per heavy atom. The minimum Gasteiger partial charge on any atom is -0.455 e. The predicted octanol–water partition coefficient (Wildman–Crippen LogP) is 5.40. The molecule has 0 amide bonds. The summed E-state index contributed by atoms with van der Waals surface area (Å²) in [6.45, 7) is 6.21. The van der Waals surface area contributed by atoms with E-state index in [4.69, 9.17) is 4.74 Å². The lowest BCUT2D eigenvalue weighted by Crippen LogP contribution is -2.59. The number of ether oxygens (including phenoxy) is 1. The number of benzene rings is 1. The van der Waals surface area contributed by atoms with Gasteiger partial charge in [0.15, 0.2) is 0 Å². The van der Waals surface area contributed by atoms with E-state index in [1.807, 2.05) is 36.4 Å². The van der Waals surface area contributed by atoms with Crippen LogP contribution >= 0.6 is 0 Å². The van der Waals surface area contributed by atoms with Crippen LogP contribution in [0.3, 0.4) is 0 Å². The van der Waals surface area contributed by atoms with Crippen LogP contribution in [0.4, 0.5) is 0 Å². The number of carbonyl (C=O) groups excluding carboxylic acids is 1. The van der Waals surface area contributed by atoms with Crippen LogP contribution < -0.4 is 0 Å². The molecule has 0 radical (unpaired) electrons. The maximum Gasteiger partial charge on any atom is 0.338 e. The molecule has 4 aliphatic rings. The SMILES string of the molecule is C=C(C=Cc1ccccc1)C(=O)OC12CC3CC(CC(C3)C1CC)C2. The summed E-state index contributed by atoms with van der Waals surface area (Å²) in [6, 6.07) is 9.99. The standard InChI is InChI=1S/C23H28O2/c1-3-21-20-12-18-11-19(13-20)15-23(21,14-18)25-22(24)16(2)9-10-17-7-5-4-6-8-17/h4-10,18-21H,2-3,11-15H2,1H3. The highest BCUT2D eigenvalue weighted by Crippen LogP contribution is 2.60. The Morgan fingerprint density at radius 2 is 1.88 bits per heavy atom. The fraction of sp³-hybridized carbons (Fsp3) is 0.522. The zero-order valence-electron chi connectivity index (χ0n) is 15.1. The minimum absolute atomic E-state index is 0.218. The van der Waals surface area contributed by atoms with Gasteiger partial charge >= 0.3 is 5.97 Å². The molecule has 3 atom stereocenters. The van der Waals surface area contributed by atoms with Crippen LogP contribution in [-0.2, 0) is 9.53 Å². The van der Waals surface area contributed by atoms with E-state index in [1.165, 1.54) is 19.3 Å². The van der Waals surface area contributed by atoms with Gasteiger partial charge in [0.25, 0.3) is 0 Å². The maximum absolute atomic E-state index is 12.7. The van der Waals surface area contributed by atoms with Crippen LogP contribution in [0.15, 0.2) is 48.6 Å². The third-order valence-corrected chi connectivity index (χ3v) is 6.73. The van der Waals surface area contributed by atoms with Gasteiger partial charge in [-0.2, -0.15) is 0 Å². The Bertz CT molecular complexity index is 673. The van der Waals surface area contributed by atoms with Crippen molar-refractivity contribution in [1.82, 2.24) is 0 Å². The fourth-order valence-electron chi connectivity index (χ4n) is 6.01. The number of carbonyl (C=O) groups is 1. The quantitative estimate of drug-likeness (QED) is 0.408. The Hall–Kier alpha value is -1.83. The molecule has 3 unspecified atom stereocenters. The monoisotopic (exact) mass is 336 g/mol. The average Bonchev–Trinajstić information content (AvgIpc) is 2.59. The van der Waals surface area contributed by atoms with Crippen LogP contribution in [-0.4, -0.2) is 11.6 Å². The highest BCUT2D eigenvalue weighted by Gasteiger charge is 2.58. The first-order valence-corrected chi connectivity index (χ1v) is 9.75. The second-order valence-corrected chi connectivity index (χ2v) is 8.35. The van der Waals surface area contributed by atoms with Crippen molar-refractivity contribution in [3.8, 4) is 0 Å². The van der Waals surface area contributed by atoms with Crippen molar-refractivity contribution in [1.29, 1.82) is 0 Å². The van der Waals surface area contributed by atoms with E-state index in [9.17, 15) is 4.79 Å². The Kier molecular flexibility index (Phi) is 4.31. The normalized spacial score (nSPS) is 35.9. The van der Waals surface area contributed by atoms with Gasteiger partial charge in [0.1, 0.15) is 5.60 Å². The van der Waals surface area contributed by atoms with Gasteiger partial charge in [0, 0.05) is 5.92 Å². The maximum atomic E-state index is 12.7. The van der Waals surface area contributed by atoms with E-state index in [1.54, 1.807) is 6.08 Å².